The van der Waals surface area contributed by atoms with E-state index in [1.54, 1.807) is 19.4 Å². The van der Waals surface area contributed by atoms with E-state index in [1.165, 1.54) is 0 Å². The van der Waals surface area contributed by atoms with E-state index in [2.05, 4.69) is 20.9 Å². The Hall–Kier alpha value is -0.280. The van der Waals surface area contributed by atoms with E-state index in [9.17, 15) is 0 Å². The summed E-state index contributed by atoms with van der Waals surface area (Å²) in [6.07, 6.45) is 1.68. The molecule has 1 rings (SSSR count). The highest BCUT2D eigenvalue weighted by Gasteiger charge is 2.00. The van der Waals surface area contributed by atoms with E-state index in [0.717, 1.165) is 10.0 Å². The third kappa shape index (κ3) is 2.07. The van der Waals surface area contributed by atoms with Crippen molar-refractivity contribution in [3.05, 3.63) is 22.3 Å². The van der Waals surface area contributed by atoms with Crippen LogP contribution in [0, 0.1) is 0 Å². The second-order valence-corrected chi connectivity index (χ2v) is 3.07. The molecule has 11 heavy (non-hydrogen) atoms. The van der Waals surface area contributed by atoms with Gasteiger partial charge in [-0.2, -0.15) is 0 Å². The number of hydrogen-bond acceptors (Lipinski definition) is 2. The van der Waals surface area contributed by atoms with Crippen LogP contribution >= 0.6 is 27.5 Å². The Labute approximate surface area is 78.7 Å². The van der Waals surface area contributed by atoms with E-state index in [0.29, 0.717) is 11.8 Å². The van der Waals surface area contributed by atoms with Crippen molar-refractivity contribution in [2.75, 3.05) is 7.11 Å². The van der Waals surface area contributed by atoms with Crippen LogP contribution in [-0.2, 0) is 5.88 Å². The first kappa shape index (κ1) is 8.81. The van der Waals surface area contributed by atoms with Crippen LogP contribution in [0.5, 0.6) is 5.88 Å². The molecular formula is C7H7BrClNO. The Morgan fingerprint density at radius 2 is 2.45 bits per heavy atom. The summed E-state index contributed by atoms with van der Waals surface area (Å²) in [6.45, 7) is 0. The van der Waals surface area contributed by atoms with Gasteiger partial charge in [0, 0.05) is 22.6 Å². The normalized spacial score (nSPS) is 9.73. The minimum Gasteiger partial charge on any atom is -0.481 e. The first-order valence-electron chi connectivity index (χ1n) is 3.02. The van der Waals surface area contributed by atoms with Crippen molar-refractivity contribution in [2.24, 2.45) is 0 Å². The molecule has 1 heterocycles. The maximum atomic E-state index is 5.65. The van der Waals surface area contributed by atoms with Crippen LogP contribution in [0.25, 0.3) is 0 Å². The molecule has 0 fully saturated rings. The monoisotopic (exact) mass is 235 g/mol. The number of methoxy groups -OCH3 is 1. The lowest BCUT2D eigenvalue weighted by Crippen LogP contribution is -1.89. The zero-order valence-corrected chi connectivity index (χ0v) is 8.32. The Balaban J connectivity index is 3.02. The maximum absolute atomic E-state index is 5.65. The third-order valence-electron chi connectivity index (χ3n) is 1.26. The molecule has 4 heteroatoms. The van der Waals surface area contributed by atoms with Crippen molar-refractivity contribution < 1.29 is 4.74 Å². The van der Waals surface area contributed by atoms with Gasteiger partial charge < -0.3 is 4.74 Å². The van der Waals surface area contributed by atoms with E-state index in [4.69, 9.17) is 16.3 Å². The molecule has 0 radical (unpaired) electrons. The Bertz CT molecular complexity index is 254. The Morgan fingerprint density at radius 1 is 1.73 bits per heavy atom. The third-order valence-corrected chi connectivity index (χ3v) is 2.26. The number of hydrogen-bond donors (Lipinski definition) is 0. The van der Waals surface area contributed by atoms with E-state index in [1.807, 2.05) is 0 Å². The van der Waals surface area contributed by atoms with Gasteiger partial charge in [0.1, 0.15) is 0 Å². The molecule has 1 aromatic rings. The van der Waals surface area contributed by atoms with Gasteiger partial charge in [0.15, 0.2) is 0 Å². The molecule has 0 aromatic carbocycles. The van der Waals surface area contributed by atoms with Crippen molar-refractivity contribution >= 4 is 27.5 Å². The molecule has 2 nitrogen and oxygen atoms in total. The van der Waals surface area contributed by atoms with Gasteiger partial charge in [-0.05, 0) is 21.5 Å². The summed E-state index contributed by atoms with van der Waals surface area (Å²) >= 11 is 8.97. The fraction of sp³-hybridized carbons (Fsp3) is 0.286. The van der Waals surface area contributed by atoms with Crippen molar-refractivity contribution in [3.63, 3.8) is 0 Å². The fourth-order valence-corrected chi connectivity index (χ4v) is 1.41. The van der Waals surface area contributed by atoms with Crippen LogP contribution in [0.3, 0.4) is 0 Å². The SMILES string of the molecule is COc1cc(CCl)c(Br)cn1. The summed E-state index contributed by atoms with van der Waals surface area (Å²) < 4.78 is 5.83. The van der Waals surface area contributed by atoms with Gasteiger partial charge in [0.2, 0.25) is 5.88 Å². The van der Waals surface area contributed by atoms with Crippen LogP contribution in [-0.4, -0.2) is 12.1 Å². The van der Waals surface area contributed by atoms with Gasteiger partial charge >= 0.3 is 0 Å². The number of ether oxygens (including phenoxy) is 1. The zero-order valence-electron chi connectivity index (χ0n) is 5.97. The number of halogens is 2. The predicted molar refractivity (Wildman–Crippen MR) is 48.0 cm³/mol. The van der Waals surface area contributed by atoms with Gasteiger partial charge in [-0.3, -0.25) is 0 Å². The van der Waals surface area contributed by atoms with Gasteiger partial charge in [-0.15, -0.1) is 11.6 Å². The number of rotatable bonds is 2. The summed E-state index contributed by atoms with van der Waals surface area (Å²) in [7, 11) is 1.58. The minimum absolute atomic E-state index is 0.458. The van der Waals surface area contributed by atoms with E-state index < -0.39 is 0 Å². The second kappa shape index (κ2) is 3.93. The molecule has 60 valence electrons. The number of pyridine rings is 1. The summed E-state index contributed by atoms with van der Waals surface area (Å²) in [5, 5.41) is 0. The number of alkyl halides is 1. The van der Waals surface area contributed by atoms with Crippen molar-refractivity contribution in [1.29, 1.82) is 0 Å². The van der Waals surface area contributed by atoms with Crippen LogP contribution in [0.1, 0.15) is 5.56 Å². The van der Waals surface area contributed by atoms with Crippen LogP contribution < -0.4 is 4.74 Å². The standard InChI is InChI=1S/C7H7BrClNO/c1-11-7-2-5(3-9)6(8)4-10-7/h2,4H,3H2,1H3. The van der Waals surface area contributed by atoms with Gasteiger partial charge in [-0.25, -0.2) is 4.98 Å². The molecule has 0 saturated carbocycles. The second-order valence-electron chi connectivity index (χ2n) is 1.95. The Morgan fingerprint density at radius 3 is 3.00 bits per heavy atom. The molecule has 0 atom stereocenters. The zero-order chi connectivity index (χ0) is 8.27. The fourth-order valence-electron chi connectivity index (χ4n) is 0.672. The predicted octanol–water partition coefficient (Wildman–Crippen LogP) is 2.59. The molecule has 0 aliphatic carbocycles. The smallest absolute Gasteiger partial charge is 0.213 e. The molecule has 0 aliphatic heterocycles. The molecule has 0 amide bonds. The lowest BCUT2D eigenvalue weighted by atomic mass is 10.3. The first-order valence-corrected chi connectivity index (χ1v) is 4.35. The summed E-state index contributed by atoms with van der Waals surface area (Å²) in [5.41, 5.74) is 0.985. The summed E-state index contributed by atoms with van der Waals surface area (Å²) in [6, 6.07) is 1.80. The highest BCUT2D eigenvalue weighted by atomic mass is 79.9. The molecule has 0 saturated heterocycles. The summed E-state index contributed by atoms with van der Waals surface area (Å²) in [4.78, 5) is 3.98. The topological polar surface area (TPSA) is 22.1 Å². The van der Waals surface area contributed by atoms with E-state index in [-0.39, 0.29) is 0 Å². The summed E-state index contributed by atoms with van der Waals surface area (Å²) in [5.74, 6) is 1.04. The van der Waals surface area contributed by atoms with Gasteiger partial charge in [0.05, 0.1) is 7.11 Å². The molecule has 0 spiro atoms. The number of aromatic nitrogens is 1. The highest BCUT2D eigenvalue weighted by molar-refractivity contribution is 9.10. The first-order chi connectivity index (χ1) is 5.27. The average Bonchev–Trinajstić information content (AvgIpc) is 2.05. The van der Waals surface area contributed by atoms with Crippen molar-refractivity contribution in [2.45, 2.75) is 5.88 Å². The molecule has 0 unspecified atom stereocenters. The van der Waals surface area contributed by atoms with Crippen molar-refractivity contribution in [1.82, 2.24) is 4.98 Å². The van der Waals surface area contributed by atoms with Crippen LogP contribution in [0.4, 0.5) is 0 Å². The lowest BCUT2D eigenvalue weighted by molar-refractivity contribution is 0.397. The molecular weight excluding hydrogens is 229 g/mol. The Kier molecular flexibility index (Phi) is 3.15. The molecule has 1 aromatic heterocycles. The maximum Gasteiger partial charge on any atom is 0.213 e. The minimum atomic E-state index is 0.458. The van der Waals surface area contributed by atoms with Gasteiger partial charge in [0.25, 0.3) is 0 Å². The largest absolute Gasteiger partial charge is 0.481 e. The number of nitrogens with zero attached hydrogens (tertiary/aromatic N) is 1. The molecule has 0 aliphatic rings. The van der Waals surface area contributed by atoms with E-state index >= 15 is 0 Å². The highest BCUT2D eigenvalue weighted by Crippen LogP contribution is 2.20. The lowest BCUT2D eigenvalue weighted by Gasteiger charge is -2.01. The molecule has 0 bridgehead atoms. The van der Waals surface area contributed by atoms with Crippen LogP contribution in [0.2, 0.25) is 0 Å². The van der Waals surface area contributed by atoms with Crippen molar-refractivity contribution in [3.8, 4) is 5.88 Å². The van der Waals surface area contributed by atoms with Gasteiger partial charge in [-0.1, -0.05) is 0 Å². The van der Waals surface area contributed by atoms with Crippen LogP contribution in [0.15, 0.2) is 16.7 Å². The average molecular weight is 236 g/mol. The quantitative estimate of drug-likeness (QED) is 0.737. The molecule has 0 N–H and O–H groups in total.